The Labute approximate surface area is 208 Å². The molecule has 2 heterocycles. The highest BCUT2D eigenvalue weighted by molar-refractivity contribution is 6.06. The number of benzene rings is 3. The number of nitrogens with zero attached hydrogens (tertiary/aromatic N) is 3. The van der Waals surface area contributed by atoms with Crippen LogP contribution in [0.2, 0.25) is 0 Å². The van der Waals surface area contributed by atoms with Gasteiger partial charge in [-0.1, -0.05) is 24.3 Å². The number of anilines is 1. The summed E-state index contributed by atoms with van der Waals surface area (Å²) in [5.74, 6) is 2.40. The van der Waals surface area contributed by atoms with E-state index in [1.807, 2.05) is 85.3 Å². The molecule has 0 radical (unpaired) electrons. The molecule has 0 saturated heterocycles. The average Bonchev–Trinajstić information content (AvgIpc) is 3.47. The summed E-state index contributed by atoms with van der Waals surface area (Å²) in [6.07, 6.45) is 0. The molecule has 0 unspecified atom stereocenters. The van der Waals surface area contributed by atoms with Crippen molar-refractivity contribution in [2.45, 2.75) is 20.4 Å². The van der Waals surface area contributed by atoms with Gasteiger partial charge in [0, 0.05) is 11.6 Å². The standard InChI is InChI=1S/C28H27N5O3/c1-17-13-21(36-4)14-18(2)26(17)28(34)31-25-15-24(27-29-22-7-5-6-8-23(22)30-27)33(32-25)16-19-9-11-20(35-3)12-10-19/h5-15H,16H2,1-4H3,(H,29,30)(H,31,32,34). The zero-order valence-electron chi connectivity index (χ0n) is 20.6. The number of nitrogens with one attached hydrogen (secondary N) is 2. The van der Waals surface area contributed by atoms with Crippen LogP contribution < -0.4 is 14.8 Å². The van der Waals surface area contributed by atoms with Gasteiger partial charge in [-0.15, -0.1) is 0 Å². The fourth-order valence-electron chi connectivity index (χ4n) is 4.35. The van der Waals surface area contributed by atoms with Gasteiger partial charge >= 0.3 is 0 Å². The molecule has 0 aliphatic rings. The molecule has 1 amide bonds. The van der Waals surface area contributed by atoms with Gasteiger partial charge in [0.05, 0.1) is 31.8 Å². The molecule has 5 rings (SSSR count). The first kappa shape index (κ1) is 23.2. The summed E-state index contributed by atoms with van der Waals surface area (Å²) in [6, 6.07) is 21.2. The van der Waals surface area contributed by atoms with Gasteiger partial charge in [0.2, 0.25) is 0 Å². The van der Waals surface area contributed by atoms with E-state index in [0.717, 1.165) is 44.9 Å². The number of carbonyl (C=O) groups is 1. The number of ether oxygens (including phenoxy) is 2. The number of imidazole rings is 1. The van der Waals surface area contributed by atoms with Crippen molar-refractivity contribution in [3.05, 3.63) is 89.0 Å². The first-order valence-corrected chi connectivity index (χ1v) is 11.6. The number of aryl methyl sites for hydroxylation is 2. The maximum Gasteiger partial charge on any atom is 0.257 e. The van der Waals surface area contributed by atoms with Crippen molar-refractivity contribution in [2.75, 3.05) is 19.5 Å². The van der Waals surface area contributed by atoms with E-state index in [2.05, 4.69) is 10.3 Å². The van der Waals surface area contributed by atoms with E-state index in [0.29, 0.717) is 23.8 Å². The molecule has 0 atom stereocenters. The van der Waals surface area contributed by atoms with Crippen LogP contribution in [0.15, 0.2) is 66.7 Å². The highest BCUT2D eigenvalue weighted by Crippen LogP contribution is 2.26. The zero-order valence-corrected chi connectivity index (χ0v) is 20.6. The maximum atomic E-state index is 13.2. The Morgan fingerprint density at radius 3 is 2.31 bits per heavy atom. The predicted octanol–water partition coefficient (Wildman–Crippen LogP) is 5.36. The van der Waals surface area contributed by atoms with Crippen molar-refractivity contribution in [3.8, 4) is 23.0 Å². The number of hydrogen-bond donors (Lipinski definition) is 2. The van der Waals surface area contributed by atoms with E-state index >= 15 is 0 Å². The number of aromatic nitrogens is 4. The number of rotatable bonds is 7. The fourth-order valence-corrected chi connectivity index (χ4v) is 4.35. The van der Waals surface area contributed by atoms with Gasteiger partial charge in [-0.25, -0.2) is 4.98 Å². The SMILES string of the molecule is COc1ccc(Cn2nc(NC(=O)c3c(C)cc(OC)cc3C)cc2-c2nc3ccccc3[nH]2)cc1. The lowest BCUT2D eigenvalue weighted by atomic mass is 10.0. The molecule has 0 spiro atoms. The third-order valence-electron chi connectivity index (χ3n) is 6.11. The molecule has 0 aliphatic heterocycles. The van der Waals surface area contributed by atoms with E-state index in [1.54, 1.807) is 14.2 Å². The van der Waals surface area contributed by atoms with Crippen LogP contribution in [-0.2, 0) is 6.54 Å². The van der Waals surface area contributed by atoms with Gasteiger partial charge in [-0.05, 0) is 66.9 Å². The quantitative estimate of drug-likeness (QED) is 0.326. The number of amides is 1. The van der Waals surface area contributed by atoms with Crippen molar-refractivity contribution in [1.29, 1.82) is 0 Å². The van der Waals surface area contributed by atoms with Crippen LogP contribution in [0, 0.1) is 13.8 Å². The number of para-hydroxylation sites is 2. The van der Waals surface area contributed by atoms with Crippen LogP contribution in [0.5, 0.6) is 11.5 Å². The molecule has 0 saturated carbocycles. The molecule has 2 N–H and O–H groups in total. The summed E-state index contributed by atoms with van der Waals surface area (Å²) in [4.78, 5) is 21.4. The molecule has 36 heavy (non-hydrogen) atoms. The lowest BCUT2D eigenvalue weighted by Gasteiger charge is -2.11. The van der Waals surface area contributed by atoms with Gasteiger partial charge in [0.25, 0.3) is 5.91 Å². The second-order valence-corrected chi connectivity index (χ2v) is 8.61. The average molecular weight is 482 g/mol. The summed E-state index contributed by atoms with van der Waals surface area (Å²) in [6.45, 7) is 4.28. The van der Waals surface area contributed by atoms with E-state index in [9.17, 15) is 4.79 Å². The Kier molecular flexibility index (Phi) is 6.16. The summed E-state index contributed by atoms with van der Waals surface area (Å²) < 4.78 is 12.4. The molecule has 0 aliphatic carbocycles. The first-order chi connectivity index (χ1) is 17.4. The van der Waals surface area contributed by atoms with Crippen LogP contribution in [-0.4, -0.2) is 39.9 Å². The lowest BCUT2D eigenvalue weighted by Crippen LogP contribution is -2.16. The minimum absolute atomic E-state index is 0.224. The Balaban J connectivity index is 1.51. The monoisotopic (exact) mass is 481 g/mol. The maximum absolute atomic E-state index is 13.2. The number of fused-ring (bicyclic) bond motifs is 1. The normalized spacial score (nSPS) is 11.0. The fraction of sp³-hybridized carbons (Fsp3) is 0.179. The largest absolute Gasteiger partial charge is 0.497 e. The Morgan fingerprint density at radius 2 is 1.64 bits per heavy atom. The third-order valence-corrected chi connectivity index (χ3v) is 6.11. The topological polar surface area (TPSA) is 94.1 Å². The third kappa shape index (κ3) is 4.53. The highest BCUT2D eigenvalue weighted by atomic mass is 16.5. The lowest BCUT2D eigenvalue weighted by molar-refractivity contribution is 0.102. The van der Waals surface area contributed by atoms with Crippen LogP contribution in [0.4, 0.5) is 5.82 Å². The molecular formula is C28H27N5O3. The van der Waals surface area contributed by atoms with E-state index in [-0.39, 0.29) is 5.91 Å². The number of carbonyl (C=O) groups excluding carboxylic acids is 1. The number of hydrogen-bond acceptors (Lipinski definition) is 5. The highest BCUT2D eigenvalue weighted by Gasteiger charge is 2.19. The number of H-pyrrole nitrogens is 1. The predicted molar refractivity (Wildman–Crippen MR) is 140 cm³/mol. The smallest absolute Gasteiger partial charge is 0.257 e. The molecule has 8 heteroatoms. The van der Waals surface area contributed by atoms with E-state index in [1.165, 1.54) is 0 Å². The first-order valence-electron chi connectivity index (χ1n) is 11.6. The van der Waals surface area contributed by atoms with Gasteiger partial charge < -0.3 is 19.8 Å². The van der Waals surface area contributed by atoms with E-state index < -0.39 is 0 Å². The van der Waals surface area contributed by atoms with Crippen molar-refractivity contribution < 1.29 is 14.3 Å². The second-order valence-electron chi connectivity index (χ2n) is 8.61. The van der Waals surface area contributed by atoms with E-state index in [4.69, 9.17) is 19.6 Å². The Bertz CT molecular complexity index is 1490. The molecule has 5 aromatic rings. The Hall–Kier alpha value is -4.59. The van der Waals surface area contributed by atoms with Gasteiger partial charge in [0.15, 0.2) is 11.6 Å². The summed E-state index contributed by atoms with van der Waals surface area (Å²) in [5, 5.41) is 7.69. The minimum atomic E-state index is -0.224. The van der Waals surface area contributed by atoms with Crippen molar-refractivity contribution in [2.24, 2.45) is 0 Å². The molecule has 182 valence electrons. The molecule has 0 fully saturated rings. The molecule has 2 aromatic heterocycles. The summed E-state index contributed by atoms with van der Waals surface area (Å²) in [7, 11) is 3.26. The van der Waals surface area contributed by atoms with Crippen LogP contribution >= 0.6 is 0 Å². The molecule has 3 aromatic carbocycles. The second kappa shape index (κ2) is 9.58. The van der Waals surface area contributed by atoms with Gasteiger partial charge in [-0.3, -0.25) is 9.48 Å². The molecule has 0 bridgehead atoms. The van der Waals surface area contributed by atoms with Crippen LogP contribution in [0.25, 0.3) is 22.6 Å². The summed E-state index contributed by atoms with van der Waals surface area (Å²) in [5.41, 5.74) is 5.86. The summed E-state index contributed by atoms with van der Waals surface area (Å²) >= 11 is 0. The minimum Gasteiger partial charge on any atom is -0.497 e. The molecule has 8 nitrogen and oxygen atoms in total. The van der Waals surface area contributed by atoms with Crippen LogP contribution in [0.3, 0.4) is 0 Å². The zero-order chi connectivity index (χ0) is 25.2. The number of methoxy groups -OCH3 is 2. The molecular weight excluding hydrogens is 454 g/mol. The van der Waals surface area contributed by atoms with Gasteiger partial charge in [-0.2, -0.15) is 5.10 Å². The Morgan fingerprint density at radius 1 is 0.944 bits per heavy atom. The van der Waals surface area contributed by atoms with Gasteiger partial charge in [0.1, 0.15) is 17.2 Å². The van der Waals surface area contributed by atoms with Crippen molar-refractivity contribution >= 4 is 22.8 Å². The number of aromatic amines is 1. The van der Waals surface area contributed by atoms with Crippen molar-refractivity contribution in [1.82, 2.24) is 19.7 Å². The van der Waals surface area contributed by atoms with Crippen LogP contribution in [0.1, 0.15) is 27.0 Å². The van der Waals surface area contributed by atoms with Crippen molar-refractivity contribution in [3.63, 3.8) is 0 Å².